The van der Waals surface area contributed by atoms with Crippen LogP contribution < -0.4 is 5.32 Å². The molecular formula is C28H32FNO4S. The van der Waals surface area contributed by atoms with Crippen LogP contribution in [0.2, 0.25) is 0 Å². The predicted octanol–water partition coefficient (Wildman–Crippen LogP) is 6.15. The van der Waals surface area contributed by atoms with Gasteiger partial charge in [-0.15, -0.1) is 0 Å². The number of halogens is 1. The maximum atomic E-state index is 13.0. The van der Waals surface area contributed by atoms with Gasteiger partial charge in [-0.25, -0.2) is 17.6 Å². The van der Waals surface area contributed by atoms with Gasteiger partial charge in [-0.3, -0.25) is 0 Å². The van der Waals surface area contributed by atoms with Crippen molar-refractivity contribution in [1.82, 2.24) is 0 Å². The van der Waals surface area contributed by atoms with Crippen molar-refractivity contribution in [2.75, 3.05) is 17.6 Å². The number of para-hydroxylation sites is 1. The van der Waals surface area contributed by atoms with Crippen molar-refractivity contribution in [2.45, 2.75) is 49.8 Å². The van der Waals surface area contributed by atoms with E-state index in [9.17, 15) is 17.6 Å². The van der Waals surface area contributed by atoms with Crippen molar-refractivity contribution in [2.24, 2.45) is 0 Å². The normalized spacial score (nSPS) is 11.3. The highest BCUT2D eigenvalue weighted by molar-refractivity contribution is 7.91. The van der Waals surface area contributed by atoms with Crippen LogP contribution in [0.25, 0.3) is 0 Å². The zero-order valence-corrected chi connectivity index (χ0v) is 20.6. The maximum absolute atomic E-state index is 13.0. The Hall–Kier alpha value is -3.19. The summed E-state index contributed by atoms with van der Waals surface area (Å²) in [4.78, 5) is 11.2. The molecule has 0 aliphatic rings. The quantitative estimate of drug-likeness (QED) is 0.206. The van der Waals surface area contributed by atoms with Gasteiger partial charge in [0.05, 0.1) is 16.2 Å². The third kappa shape index (κ3) is 8.51. The third-order valence-corrected chi connectivity index (χ3v) is 7.80. The molecule has 0 aliphatic carbocycles. The fraction of sp³-hybridized carbons (Fsp3) is 0.321. The van der Waals surface area contributed by atoms with Crippen LogP contribution in [-0.2, 0) is 22.7 Å². The fourth-order valence-electron chi connectivity index (χ4n) is 3.93. The number of aryl methyl sites for hydroxylation is 2. The number of aromatic carboxylic acids is 1. The number of carboxylic acid groups (broad SMARTS) is 1. The van der Waals surface area contributed by atoms with Crippen LogP contribution in [0.15, 0.2) is 77.7 Å². The molecule has 0 saturated carbocycles. The number of carboxylic acids is 1. The van der Waals surface area contributed by atoms with E-state index in [0.717, 1.165) is 56.3 Å². The van der Waals surface area contributed by atoms with Crippen LogP contribution in [0.3, 0.4) is 0 Å². The molecule has 0 aromatic heterocycles. The van der Waals surface area contributed by atoms with E-state index in [-0.39, 0.29) is 10.6 Å². The number of nitrogens with one attached hydrogen (secondary N) is 1. The molecule has 0 atom stereocenters. The van der Waals surface area contributed by atoms with E-state index in [1.807, 2.05) is 24.3 Å². The van der Waals surface area contributed by atoms with Gasteiger partial charge in [-0.1, -0.05) is 49.6 Å². The first-order chi connectivity index (χ1) is 16.8. The molecule has 0 saturated heterocycles. The molecule has 3 rings (SSSR count). The summed E-state index contributed by atoms with van der Waals surface area (Å²) in [5.41, 5.74) is 3.73. The Morgan fingerprint density at radius 2 is 1.46 bits per heavy atom. The first-order valence-corrected chi connectivity index (χ1v) is 13.6. The maximum Gasteiger partial charge on any atom is 0.335 e. The van der Waals surface area contributed by atoms with Crippen molar-refractivity contribution in [3.63, 3.8) is 0 Å². The van der Waals surface area contributed by atoms with Gasteiger partial charge in [-0.05, 0) is 79.3 Å². The van der Waals surface area contributed by atoms with Crippen molar-refractivity contribution < 1.29 is 22.7 Å². The van der Waals surface area contributed by atoms with Gasteiger partial charge in [0, 0.05) is 12.2 Å². The lowest BCUT2D eigenvalue weighted by Gasteiger charge is -2.12. The van der Waals surface area contributed by atoms with Crippen molar-refractivity contribution in [3.8, 4) is 0 Å². The summed E-state index contributed by atoms with van der Waals surface area (Å²) in [7, 11) is -3.35. The van der Waals surface area contributed by atoms with Crippen LogP contribution in [0.4, 0.5) is 10.1 Å². The number of sulfone groups is 1. The SMILES string of the molecule is O=C(O)c1ccc(CCc2ccccc2NCCCCCCCS(=O)(=O)c2ccc(F)cc2)cc1. The lowest BCUT2D eigenvalue weighted by Crippen LogP contribution is -2.07. The lowest BCUT2D eigenvalue weighted by atomic mass is 10.0. The molecule has 186 valence electrons. The summed E-state index contributed by atoms with van der Waals surface area (Å²) in [5.74, 6) is -1.27. The van der Waals surface area contributed by atoms with Gasteiger partial charge in [0.1, 0.15) is 5.82 Å². The summed E-state index contributed by atoms with van der Waals surface area (Å²) in [6, 6.07) is 20.2. The molecule has 2 N–H and O–H groups in total. The Morgan fingerprint density at radius 1 is 0.800 bits per heavy atom. The van der Waals surface area contributed by atoms with E-state index in [1.54, 1.807) is 12.1 Å². The van der Waals surface area contributed by atoms with E-state index >= 15 is 0 Å². The molecule has 0 unspecified atom stereocenters. The highest BCUT2D eigenvalue weighted by atomic mass is 32.2. The van der Waals surface area contributed by atoms with E-state index in [4.69, 9.17) is 5.11 Å². The summed E-state index contributed by atoms with van der Waals surface area (Å²) in [5, 5.41) is 12.5. The van der Waals surface area contributed by atoms with Gasteiger partial charge < -0.3 is 10.4 Å². The number of hydrogen-bond donors (Lipinski definition) is 2. The number of anilines is 1. The molecule has 0 amide bonds. The van der Waals surface area contributed by atoms with Crippen molar-refractivity contribution in [1.29, 1.82) is 0 Å². The average molecular weight is 498 g/mol. The second kappa shape index (κ2) is 13.0. The molecule has 0 radical (unpaired) electrons. The Morgan fingerprint density at radius 3 is 2.17 bits per heavy atom. The predicted molar refractivity (Wildman–Crippen MR) is 137 cm³/mol. The molecule has 3 aromatic rings. The van der Waals surface area contributed by atoms with E-state index in [0.29, 0.717) is 12.0 Å². The summed E-state index contributed by atoms with van der Waals surface area (Å²) >= 11 is 0. The first kappa shape index (κ1) is 26.4. The van der Waals surface area contributed by atoms with Crippen LogP contribution in [0, 0.1) is 5.82 Å². The highest BCUT2D eigenvalue weighted by Gasteiger charge is 2.13. The minimum absolute atomic E-state index is 0.0866. The average Bonchev–Trinajstić information content (AvgIpc) is 2.85. The van der Waals surface area contributed by atoms with Gasteiger partial charge in [0.25, 0.3) is 0 Å². The molecule has 3 aromatic carbocycles. The first-order valence-electron chi connectivity index (χ1n) is 12.0. The monoisotopic (exact) mass is 497 g/mol. The number of hydrogen-bond acceptors (Lipinski definition) is 4. The topological polar surface area (TPSA) is 83.5 Å². The molecule has 0 fully saturated rings. The molecule has 35 heavy (non-hydrogen) atoms. The summed E-state index contributed by atoms with van der Waals surface area (Å²) < 4.78 is 37.6. The van der Waals surface area contributed by atoms with Crippen LogP contribution in [-0.4, -0.2) is 31.8 Å². The van der Waals surface area contributed by atoms with Gasteiger partial charge >= 0.3 is 5.97 Å². The second-order valence-corrected chi connectivity index (χ2v) is 10.7. The number of unbranched alkanes of at least 4 members (excludes halogenated alkanes) is 4. The number of carbonyl (C=O) groups is 1. The standard InChI is InChI=1S/C28H32FNO4S/c29-25-16-18-26(19-17-25)35(33,34)21-7-3-1-2-6-20-30-27-9-5-4-8-23(27)13-10-22-11-14-24(15-12-22)28(31)32/h4-5,8-9,11-12,14-19,30H,1-3,6-7,10,13,20-21H2,(H,31,32). The fourth-order valence-corrected chi connectivity index (χ4v) is 5.30. The van der Waals surface area contributed by atoms with Crippen molar-refractivity contribution >= 4 is 21.5 Å². The second-order valence-electron chi connectivity index (χ2n) is 8.63. The van der Waals surface area contributed by atoms with Crippen LogP contribution in [0.1, 0.15) is 53.6 Å². The summed E-state index contributed by atoms with van der Waals surface area (Å²) in [6.45, 7) is 0.845. The van der Waals surface area contributed by atoms with Crippen LogP contribution in [0.5, 0.6) is 0 Å². The largest absolute Gasteiger partial charge is 0.478 e. The highest BCUT2D eigenvalue weighted by Crippen LogP contribution is 2.19. The van der Waals surface area contributed by atoms with Crippen LogP contribution >= 0.6 is 0 Å². The number of benzene rings is 3. The molecule has 0 bridgehead atoms. The van der Waals surface area contributed by atoms with Crippen molar-refractivity contribution in [3.05, 3.63) is 95.3 Å². The zero-order valence-electron chi connectivity index (χ0n) is 19.8. The van der Waals surface area contributed by atoms with E-state index in [1.165, 1.54) is 29.8 Å². The summed E-state index contributed by atoms with van der Waals surface area (Å²) in [6.07, 6.45) is 6.12. The minimum Gasteiger partial charge on any atom is -0.478 e. The molecule has 0 spiro atoms. The molecule has 0 aliphatic heterocycles. The number of rotatable bonds is 14. The lowest BCUT2D eigenvalue weighted by molar-refractivity contribution is 0.0697. The molecule has 5 nitrogen and oxygen atoms in total. The Kier molecular flexibility index (Phi) is 9.85. The Labute approximate surface area is 206 Å². The Bertz CT molecular complexity index is 1190. The molecule has 0 heterocycles. The zero-order chi connectivity index (χ0) is 25.1. The van der Waals surface area contributed by atoms with E-state index < -0.39 is 21.6 Å². The molecule has 7 heteroatoms. The smallest absolute Gasteiger partial charge is 0.335 e. The van der Waals surface area contributed by atoms with Gasteiger partial charge in [0.15, 0.2) is 9.84 Å². The third-order valence-electron chi connectivity index (χ3n) is 5.98. The van der Waals surface area contributed by atoms with Gasteiger partial charge in [-0.2, -0.15) is 0 Å². The Balaban J connectivity index is 1.34. The minimum atomic E-state index is -3.35. The molecular weight excluding hydrogens is 465 g/mol. The van der Waals surface area contributed by atoms with Gasteiger partial charge in [0.2, 0.25) is 0 Å². The van der Waals surface area contributed by atoms with E-state index in [2.05, 4.69) is 17.4 Å².